The van der Waals surface area contributed by atoms with Gasteiger partial charge in [-0.3, -0.25) is 9.10 Å². The lowest BCUT2D eigenvalue weighted by Gasteiger charge is -2.24. The van der Waals surface area contributed by atoms with E-state index in [4.69, 9.17) is 9.26 Å². The Morgan fingerprint density at radius 1 is 1.13 bits per heavy atom. The Bertz CT molecular complexity index is 1190. The molecular formula is C20H19F2N3O5S. The lowest BCUT2D eigenvalue weighted by Crippen LogP contribution is -2.38. The third kappa shape index (κ3) is 4.66. The monoisotopic (exact) mass is 451 g/mol. The molecule has 0 saturated heterocycles. The van der Waals surface area contributed by atoms with Crippen molar-refractivity contribution in [3.8, 4) is 5.75 Å². The van der Waals surface area contributed by atoms with Crippen molar-refractivity contribution < 1.29 is 31.3 Å². The minimum atomic E-state index is -4.25. The standard InChI is InChI=1S/C20H19F2N3O5S/c1-12-20(13(2)30-24-12)31(27,28)25(15-5-7-16(29-3)8-6-15)11-19(26)23-14-4-9-17(21)18(22)10-14/h4-10H,11H2,1-3H3,(H,23,26). The van der Waals surface area contributed by atoms with E-state index in [1.807, 2.05) is 0 Å². The molecule has 3 aromatic rings. The molecule has 0 aliphatic heterocycles. The molecule has 0 bridgehead atoms. The number of hydrogen-bond acceptors (Lipinski definition) is 6. The van der Waals surface area contributed by atoms with Gasteiger partial charge in [-0.15, -0.1) is 0 Å². The summed E-state index contributed by atoms with van der Waals surface area (Å²) >= 11 is 0. The van der Waals surface area contributed by atoms with Gasteiger partial charge in [0.05, 0.1) is 12.8 Å². The van der Waals surface area contributed by atoms with Crippen molar-refractivity contribution in [2.24, 2.45) is 0 Å². The largest absolute Gasteiger partial charge is 0.497 e. The number of hydrogen-bond donors (Lipinski definition) is 1. The van der Waals surface area contributed by atoms with Gasteiger partial charge in [0.25, 0.3) is 10.0 Å². The summed E-state index contributed by atoms with van der Waals surface area (Å²) in [5.74, 6) is -2.43. The number of rotatable bonds is 7. The smallest absolute Gasteiger partial charge is 0.270 e. The van der Waals surface area contributed by atoms with Gasteiger partial charge in [0, 0.05) is 11.8 Å². The molecule has 1 heterocycles. The van der Waals surface area contributed by atoms with E-state index >= 15 is 0 Å². The summed E-state index contributed by atoms with van der Waals surface area (Å²) in [7, 11) is -2.79. The molecule has 0 fully saturated rings. The van der Waals surface area contributed by atoms with Gasteiger partial charge in [-0.2, -0.15) is 0 Å². The number of ether oxygens (including phenoxy) is 1. The fourth-order valence-corrected chi connectivity index (χ4v) is 4.64. The second kappa shape index (κ2) is 8.72. The third-order valence-corrected chi connectivity index (χ3v) is 6.39. The molecule has 1 aromatic heterocycles. The van der Waals surface area contributed by atoms with E-state index in [9.17, 15) is 22.0 Å². The molecule has 0 unspecified atom stereocenters. The van der Waals surface area contributed by atoms with Crippen LogP contribution in [-0.4, -0.2) is 33.1 Å². The molecule has 1 N–H and O–H groups in total. The van der Waals surface area contributed by atoms with Crippen LogP contribution >= 0.6 is 0 Å². The molecule has 8 nitrogen and oxygen atoms in total. The fourth-order valence-electron chi connectivity index (χ4n) is 2.92. The van der Waals surface area contributed by atoms with Crippen molar-refractivity contribution >= 4 is 27.3 Å². The van der Waals surface area contributed by atoms with Crippen LogP contribution in [0.1, 0.15) is 11.5 Å². The van der Waals surface area contributed by atoms with E-state index in [1.54, 1.807) is 12.1 Å². The first-order valence-electron chi connectivity index (χ1n) is 8.98. The molecule has 1 amide bonds. The molecule has 0 saturated carbocycles. The van der Waals surface area contributed by atoms with Crippen molar-refractivity contribution in [1.82, 2.24) is 5.16 Å². The fraction of sp³-hybridized carbons (Fsp3) is 0.200. The van der Waals surface area contributed by atoms with E-state index in [0.717, 1.165) is 22.5 Å². The second-order valence-electron chi connectivity index (χ2n) is 6.54. The van der Waals surface area contributed by atoms with Crippen LogP contribution < -0.4 is 14.4 Å². The van der Waals surface area contributed by atoms with E-state index < -0.39 is 34.1 Å². The van der Waals surface area contributed by atoms with Gasteiger partial charge in [-0.1, -0.05) is 5.16 Å². The van der Waals surface area contributed by atoms with Gasteiger partial charge in [-0.25, -0.2) is 17.2 Å². The van der Waals surface area contributed by atoms with Crippen LogP contribution in [0.2, 0.25) is 0 Å². The minimum absolute atomic E-state index is 0.0201. The highest BCUT2D eigenvalue weighted by Gasteiger charge is 2.33. The number of aryl methyl sites for hydroxylation is 2. The number of nitrogens with one attached hydrogen (secondary N) is 1. The summed E-state index contributed by atoms with van der Waals surface area (Å²) < 4.78 is 64.2. The van der Waals surface area contributed by atoms with Crippen LogP contribution in [0.5, 0.6) is 5.75 Å². The van der Waals surface area contributed by atoms with E-state index in [1.165, 1.54) is 33.1 Å². The van der Waals surface area contributed by atoms with Gasteiger partial charge >= 0.3 is 0 Å². The highest BCUT2D eigenvalue weighted by Crippen LogP contribution is 2.29. The highest BCUT2D eigenvalue weighted by atomic mass is 32.2. The average Bonchev–Trinajstić information content (AvgIpc) is 3.08. The van der Waals surface area contributed by atoms with Crippen LogP contribution in [0.15, 0.2) is 51.9 Å². The maximum Gasteiger partial charge on any atom is 0.270 e. The summed E-state index contributed by atoms with van der Waals surface area (Å²) in [4.78, 5) is 12.4. The summed E-state index contributed by atoms with van der Waals surface area (Å²) in [6.45, 7) is 2.27. The van der Waals surface area contributed by atoms with Crippen LogP contribution in [0, 0.1) is 25.5 Å². The van der Waals surface area contributed by atoms with Crippen molar-refractivity contribution in [2.75, 3.05) is 23.3 Å². The van der Waals surface area contributed by atoms with Crippen molar-refractivity contribution in [3.05, 3.63) is 65.6 Å². The summed E-state index contributed by atoms with van der Waals surface area (Å²) in [5.41, 5.74) is 0.298. The predicted molar refractivity (Wildman–Crippen MR) is 108 cm³/mol. The first-order chi connectivity index (χ1) is 14.6. The lowest BCUT2D eigenvalue weighted by molar-refractivity contribution is -0.114. The molecular weight excluding hydrogens is 432 g/mol. The van der Waals surface area contributed by atoms with Gasteiger partial charge in [0.2, 0.25) is 5.91 Å². The number of benzene rings is 2. The zero-order valence-electron chi connectivity index (χ0n) is 16.8. The Balaban J connectivity index is 1.97. The number of aromatic nitrogens is 1. The zero-order chi connectivity index (χ0) is 22.8. The van der Waals surface area contributed by atoms with Crippen molar-refractivity contribution in [3.63, 3.8) is 0 Å². The molecule has 164 valence electrons. The molecule has 0 atom stereocenters. The van der Waals surface area contributed by atoms with Gasteiger partial charge in [0.1, 0.15) is 18.0 Å². The van der Waals surface area contributed by atoms with Crippen LogP contribution in [0.3, 0.4) is 0 Å². The van der Waals surface area contributed by atoms with Crippen LogP contribution in [-0.2, 0) is 14.8 Å². The molecule has 3 rings (SSSR count). The van der Waals surface area contributed by atoms with Crippen LogP contribution in [0.25, 0.3) is 0 Å². The first-order valence-corrected chi connectivity index (χ1v) is 10.4. The molecule has 0 radical (unpaired) electrons. The normalized spacial score (nSPS) is 11.3. The Labute approximate surface area is 177 Å². The molecule has 0 aliphatic carbocycles. The molecule has 0 aliphatic rings. The van der Waals surface area contributed by atoms with Crippen molar-refractivity contribution in [2.45, 2.75) is 18.7 Å². The quantitative estimate of drug-likeness (QED) is 0.591. The lowest BCUT2D eigenvalue weighted by atomic mass is 10.3. The second-order valence-corrected chi connectivity index (χ2v) is 8.34. The maximum atomic E-state index is 13.4. The zero-order valence-corrected chi connectivity index (χ0v) is 17.7. The number of carbonyl (C=O) groups excluding carboxylic acids is 1. The Morgan fingerprint density at radius 3 is 2.35 bits per heavy atom. The number of amides is 1. The summed E-state index contributed by atoms with van der Waals surface area (Å²) in [5, 5.41) is 6.04. The van der Waals surface area contributed by atoms with Gasteiger partial charge in [-0.05, 0) is 50.2 Å². The van der Waals surface area contributed by atoms with Crippen LogP contribution in [0.4, 0.5) is 20.2 Å². The van der Waals surface area contributed by atoms with E-state index in [-0.39, 0.29) is 27.7 Å². The Morgan fingerprint density at radius 2 is 1.81 bits per heavy atom. The molecule has 11 heteroatoms. The number of nitrogens with zero attached hydrogens (tertiary/aromatic N) is 2. The number of anilines is 2. The first kappa shape index (κ1) is 22.2. The minimum Gasteiger partial charge on any atom is -0.497 e. The van der Waals surface area contributed by atoms with E-state index in [0.29, 0.717) is 5.75 Å². The Hall–Kier alpha value is -3.47. The average molecular weight is 451 g/mol. The SMILES string of the molecule is COc1ccc(N(CC(=O)Nc2ccc(F)c(F)c2)S(=O)(=O)c2c(C)noc2C)cc1. The Kier molecular flexibility index (Phi) is 6.25. The summed E-state index contributed by atoms with van der Waals surface area (Å²) in [6, 6.07) is 8.84. The number of halogens is 2. The van der Waals surface area contributed by atoms with Gasteiger partial charge < -0.3 is 14.6 Å². The third-order valence-electron chi connectivity index (χ3n) is 4.37. The predicted octanol–water partition coefficient (Wildman–Crippen LogP) is 3.41. The highest BCUT2D eigenvalue weighted by molar-refractivity contribution is 7.93. The maximum absolute atomic E-state index is 13.4. The topological polar surface area (TPSA) is 102 Å². The summed E-state index contributed by atoms with van der Waals surface area (Å²) in [6.07, 6.45) is 0. The molecule has 31 heavy (non-hydrogen) atoms. The number of sulfonamides is 1. The molecule has 0 spiro atoms. The number of methoxy groups -OCH3 is 1. The molecule has 2 aromatic carbocycles. The van der Waals surface area contributed by atoms with E-state index in [2.05, 4.69) is 10.5 Å². The number of carbonyl (C=O) groups is 1. The van der Waals surface area contributed by atoms with Crippen molar-refractivity contribution in [1.29, 1.82) is 0 Å². The van der Waals surface area contributed by atoms with Gasteiger partial charge in [0.15, 0.2) is 22.3 Å².